The normalized spacial score (nSPS) is 12.4. The minimum Gasteiger partial charge on any atom is -0.457 e. The number of ether oxygens (including phenoxy) is 1. The second kappa shape index (κ2) is 7.76. The van der Waals surface area contributed by atoms with Gasteiger partial charge in [0, 0.05) is 0 Å². The van der Waals surface area contributed by atoms with Gasteiger partial charge in [0.15, 0.2) is 0 Å². The van der Waals surface area contributed by atoms with Crippen molar-refractivity contribution in [3.63, 3.8) is 0 Å². The van der Waals surface area contributed by atoms with Crippen LogP contribution in [-0.2, 0) is 6.54 Å². The van der Waals surface area contributed by atoms with Crippen LogP contribution in [0.2, 0.25) is 0 Å². The van der Waals surface area contributed by atoms with E-state index in [1.807, 2.05) is 108 Å². The number of nitrogens with zero attached hydrogens (tertiary/aromatic N) is 1. The van der Waals surface area contributed by atoms with Crippen LogP contribution in [0.25, 0.3) is 0 Å². The number of carbonyl (C=O) groups is 1. The van der Waals surface area contributed by atoms with E-state index in [9.17, 15) is 4.79 Å². The lowest BCUT2D eigenvalue weighted by Crippen LogP contribution is -2.29. The molecule has 4 aromatic carbocycles. The molecular formula is C26H20N2O2. The highest BCUT2D eigenvalue weighted by molar-refractivity contribution is 6.13. The zero-order chi connectivity index (χ0) is 20.3. The fourth-order valence-corrected chi connectivity index (χ4v) is 3.63. The molecule has 0 unspecified atom stereocenters. The van der Waals surface area contributed by atoms with Crippen molar-refractivity contribution >= 4 is 23.0 Å². The Morgan fingerprint density at radius 3 is 2.20 bits per heavy atom. The van der Waals surface area contributed by atoms with Gasteiger partial charge in [-0.15, -0.1) is 0 Å². The summed E-state index contributed by atoms with van der Waals surface area (Å²) in [7, 11) is 0. The summed E-state index contributed by atoms with van der Waals surface area (Å²) in [6, 6.07) is 33.0. The van der Waals surface area contributed by atoms with Crippen LogP contribution in [0.4, 0.5) is 17.1 Å². The third kappa shape index (κ3) is 3.51. The average Bonchev–Trinajstić information content (AvgIpc) is 2.90. The summed E-state index contributed by atoms with van der Waals surface area (Å²) in [6.07, 6.45) is 0. The van der Waals surface area contributed by atoms with Gasteiger partial charge < -0.3 is 15.0 Å². The van der Waals surface area contributed by atoms with Gasteiger partial charge in [-0.25, -0.2) is 0 Å². The van der Waals surface area contributed by atoms with Gasteiger partial charge in [-0.05, 0) is 48.0 Å². The molecule has 0 bridgehead atoms. The van der Waals surface area contributed by atoms with Crippen LogP contribution in [0.3, 0.4) is 0 Å². The summed E-state index contributed by atoms with van der Waals surface area (Å²) in [5.41, 5.74) is 4.17. The summed E-state index contributed by atoms with van der Waals surface area (Å²) in [6.45, 7) is 0.488. The number of amides is 1. The smallest absolute Gasteiger partial charge is 0.260 e. The van der Waals surface area contributed by atoms with Gasteiger partial charge in [0.2, 0.25) is 0 Å². The number of nitrogens with one attached hydrogen (secondary N) is 1. The number of carbonyl (C=O) groups excluding carboxylic acids is 1. The predicted molar refractivity (Wildman–Crippen MR) is 120 cm³/mol. The largest absolute Gasteiger partial charge is 0.457 e. The number of anilines is 3. The van der Waals surface area contributed by atoms with Crippen LogP contribution >= 0.6 is 0 Å². The highest BCUT2D eigenvalue weighted by atomic mass is 16.5. The van der Waals surface area contributed by atoms with E-state index >= 15 is 0 Å². The molecule has 1 amide bonds. The van der Waals surface area contributed by atoms with Crippen molar-refractivity contribution in [3.05, 3.63) is 114 Å². The first-order valence-electron chi connectivity index (χ1n) is 9.87. The third-order valence-corrected chi connectivity index (χ3v) is 5.09. The Kier molecular flexibility index (Phi) is 4.66. The molecule has 0 saturated heterocycles. The van der Waals surface area contributed by atoms with Gasteiger partial charge in [-0.2, -0.15) is 0 Å². The van der Waals surface area contributed by atoms with Crippen LogP contribution in [0.15, 0.2) is 103 Å². The van der Waals surface area contributed by atoms with Crippen molar-refractivity contribution < 1.29 is 9.53 Å². The van der Waals surface area contributed by atoms with Crippen LogP contribution in [0.5, 0.6) is 11.5 Å². The Morgan fingerprint density at radius 2 is 1.40 bits per heavy atom. The summed E-state index contributed by atoms with van der Waals surface area (Å²) in [5.74, 6) is 1.29. The summed E-state index contributed by atoms with van der Waals surface area (Å²) >= 11 is 0. The summed E-state index contributed by atoms with van der Waals surface area (Å²) < 4.78 is 5.97. The van der Waals surface area contributed by atoms with Gasteiger partial charge in [0.1, 0.15) is 11.5 Å². The van der Waals surface area contributed by atoms with E-state index in [0.29, 0.717) is 17.9 Å². The lowest BCUT2D eigenvalue weighted by atomic mass is 10.1. The summed E-state index contributed by atoms with van der Waals surface area (Å²) in [4.78, 5) is 15.5. The molecule has 1 N–H and O–H groups in total. The van der Waals surface area contributed by atoms with E-state index in [2.05, 4.69) is 5.32 Å². The average molecular weight is 392 g/mol. The molecule has 1 aliphatic rings. The van der Waals surface area contributed by atoms with Gasteiger partial charge >= 0.3 is 0 Å². The number of hydrogen-bond donors (Lipinski definition) is 1. The number of para-hydroxylation sites is 3. The number of benzene rings is 4. The molecule has 0 radical (unpaired) electrons. The molecule has 4 aromatic rings. The maximum Gasteiger partial charge on any atom is 0.260 e. The Balaban J connectivity index is 1.55. The van der Waals surface area contributed by atoms with Crippen LogP contribution in [-0.4, -0.2) is 5.91 Å². The Bertz CT molecular complexity index is 1190. The van der Waals surface area contributed by atoms with Crippen LogP contribution in [0.1, 0.15) is 15.9 Å². The third-order valence-electron chi connectivity index (χ3n) is 5.09. The van der Waals surface area contributed by atoms with E-state index in [0.717, 1.165) is 28.4 Å². The highest BCUT2D eigenvalue weighted by Gasteiger charge is 2.27. The van der Waals surface area contributed by atoms with Crippen LogP contribution in [0, 0.1) is 0 Å². The zero-order valence-electron chi connectivity index (χ0n) is 16.3. The van der Waals surface area contributed by atoms with Crippen molar-refractivity contribution in [2.45, 2.75) is 6.54 Å². The fourth-order valence-electron chi connectivity index (χ4n) is 3.63. The molecule has 0 fully saturated rings. The monoisotopic (exact) mass is 392 g/mol. The Morgan fingerprint density at radius 1 is 0.700 bits per heavy atom. The van der Waals surface area contributed by atoms with Crippen molar-refractivity contribution in [2.75, 3.05) is 10.2 Å². The maximum atomic E-state index is 13.6. The quantitative estimate of drug-likeness (QED) is 0.438. The number of rotatable bonds is 4. The van der Waals surface area contributed by atoms with Gasteiger partial charge in [0.25, 0.3) is 5.91 Å². The Labute approximate surface area is 175 Å². The molecule has 1 aliphatic heterocycles. The molecule has 5 rings (SSSR count). The van der Waals surface area contributed by atoms with E-state index in [1.165, 1.54) is 0 Å². The molecule has 4 heteroatoms. The minimum atomic E-state index is -0.0650. The molecule has 30 heavy (non-hydrogen) atoms. The lowest BCUT2D eigenvalue weighted by Gasteiger charge is -2.23. The van der Waals surface area contributed by atoms with Crippen molar-refractivity contribution in [1.82, 2.24) is 0 Å². The second-order valence-corrected chi connectivity index (χ2v) is 7.14. The topological polar surface area (TPSA) is 41.6 Å². The first-order chi connectivity index (χ1) is 14.8. The lowest BCUT2D eigenvalue weighted by molar-refractivity contribution is 0.0986. The van der Waals surface area contributed by atoms with Crippen molar-refractivity contribution in [1.29, 1.82) is 0 Å². The van der Waals surface area contributed by atoms with Gasteiger partial charge in [-0.1, -0.05) is 60.7 Å². The molecule has 0 atom stereocenters. The first kappa shape index (κ1) is 18.0. The van der Waals surface area contributed by atoms with Gasteiger partial charge in [0.05, 0.1) is 29.2 Å². The van der Waals surface area contributed by atoms with E-state index in [4.69, 9.17) is 4.74 Å². The maximum absolute atomic E-state index is 13.6. The van der Waals surface area contributed by atoms with Gasteiger partial charge in [-0.3, -0.25) is 4.79 Å². The van der Waals surface area contributed by atoms with E-state index in [-0.39, 0.29) is 5.91 Å². The Hall–Kier alpha value is -4.05. The van der Waals surface area contributed by atoms with E-state index in [1.54, 1.807) is 0 Å². The molecule has 0 aliphatic carbocycles. The highest BCUT2D eigenvalue weighted by Crippen LogP contribution is 2.38. The first-order valence-corrected chi connectivity index (χ1v) is 9.87. The molecule has 1 heterocycles. The standard InChI is InChI=1S/C26H20N2O2/c29-26-22-17-21(30-20-11-5-2-6-12-20)15-16-23(22)27-24-13-7-8-14-25(24)28(26)18-19-9-3-1-4-10-19/h1-17,27H,18H2. The summed E-state index contributed by atoms with van der Waals surface area (Å²) in [5, 5.41) is 3.42. The molecule has 146 valence electrons. The van der Waals surface area contributed by atoms with Crippen molar-refractivity contribution in [2.24, 2.45) is 0 Å². The molecule has 0 spiro atoms. The number of hydrogen-bond acceptors (Lipinski definition) is 3. The zero-order valence-corrected chi connectivity index (χ0v) is 16.3. The minimum absolute atomic E-state index is 0.0650. The predicted octanol–water partition coefficient (Wildman–Crippen LogP) is 6.38. The molecule has 0 aromatic heterocycles. The number of fused-ring (bicyclic) bond motifs is 2. The molecule has 4 nitrogen and oxygen atoms in total. The molecular weight excluding hydrogens is 372 g/mol. The molecule has 0 saturated carbocycles. The van der Waals surface area contributed by atoms with E-state index < -0.39 is 0 Å². The second-order valence-electron chi connectivity index (χ2n) is 7.14. The van der Waals surface area contributed by atoms with Crippen LogP contribution < -0.4 is 15.0 Å². The SMILES string of the molecule is O=C1c2cc(Oc3ccccc3)ccc2Nc2ccccc2N1Cc1ccccc1. The fraction of sp³-hybridized carbons (Fsp3) is 0.0385. The van der Waals surface area contributed by atoms with Crippen molar-refractivity contribution in [3.8, 4) is 11.5 Å².